The molecule has 2 aromatic carbocycles. The molecule has 1 atom stereocenters. The van der Waals surface area contributed by atoms with Crippen LogP contribution < -0.4 is 10.6 Å². The minimum absolute atomic E-state index is 0.0375. The van der Waals surface area contributed by atoms with Crippen molar-refractivity contribution in [1.82, 2.24) is 9.88 Å². The number of carbonyl (C=O) groups is 1. The Bertz CT molecular complexity index is 1140. The van der Waals surface area contributed by atoms with Crippen molar-refractivity contribution in [2.75, 3.05) is 5.32 Å². The summed E-state index contributed by atoms with van der Waals surface area (Å²) in [4.78, 5) is 13.3. The Kier molecular flexibility index (Phi) is 5.96. The number of anilines is 1. The maximum atomic E-state index is 12.6. The molecule has 31 heavy (non-hydrogen) atoms. The van der Waals surface area contributed by atoms with Crippen LogP contribution in [0.25, 0.3) is 11.8 Å². The first-order valence-electron chi connectivity index (χ1n) is 10.7. The summed E-state index contributed by atoms with van der Waals surface area (Å²) in [5.41, 5.74) is 9.22. The number of aromatic nitrogens is 1. The van der Waals surface area contributed by atoms with Gasteiger partial charge < -0.3 is 15.2 Å². The number of carbonyl (C=O) groups excluding carboxylic acids is 1. The van der Waals surface area contributed by atoms with Crippen LogP contribution in [0.4, 0.5) is 5.69 Å². The highest BCUT2D eigenvalue weighted by molar-refractivity contribution is 8.05. The number of nitrogens with zero attached hydrogens (tertiary/aromatic N) is 1. The van der Waals surface area contributed by atoms with Gasteiger partial charge in [-0.15, -0.1) is 0 Å². The number of amides is 1. The van der Waals surface area contributed by atoms with Gasteiger partial charge in [0.25, 0.3) is 5.91 Å². The standard InChI is InChI=1S/C26H29N3OS/c1-6-20-10-12-22(13-11-20)27-26-28-25(30)23(31-26)15-21-14-18(4)29(19(21)5)24-16(2)8-7-9-17(24)3/h7-15,26-27H,6H2,1-5H3,(H,28,30)/b23-15-/t26-/m0/s1. The molecule has 0 spiro atoms. The van der Waals surface area contributed by atoms with Crippen LogP contribution in [-0.4, -0.2) is 16.0 Å². The van der Waals surface area contributed by atoms with Gasteiger partial charge >= 0.3 is 0 Å². The molecule has 2 heterocycles. The molecule has 1 aliphatic heterocycles. The van der Waals surface area contributed by atoms with Crippen molar-refractivity contribution < 1.29 is 4.79 Å². The SMILES string of the molecule is CCc1ccc(N[C@H]2NC(=O)/C(=C/c3cc(C)n(-c4c(C)cccc4C)c3C)S2)cc1. The first kappa shape index (κ1) is 21.3. The van der Waals surface area contributed by atoms with E-state index < -0.39 is 0 Å². The van der Waals surface area contributed by atoms with Crippen molar-refractivity contribution in [2.24, 2.45) is 0 Å². The van der Waals surface area contributed by atoms with Crippen molar-refractivity contribution in [1.29, 1.82) is 0 Å². The molecule has 1 aliphatic rings. The van der Waals surface area contributed by atoms with E-state index in [1.165, 1.54) is 34.1 Å². The van der Waals surface area contributed by atoms with Crippen LogP contribution in [-0.2, 0) is 11.2 Å². The smallest absolute Gasteiger partial charge is 0.260 e. The van der Waals surface area contributed by atoms with E-state index in [1.54, 1.807) is 0 Å². The number of hydrogen-bond acceptors (Lipinski definition) is 3. The van der Waals surface area contributed by atoms with Crippen LogP contribution >= 0.6 is 11.8 Å². The van der Waals surface area contributed by atoms with Gasteiger partial charge in [0.1, 0.15) is 0 Å². The van der Waals surface area contributed by atoms with E-state index in [4.69, 9.17) is 0 Å². The number of benzene rings is 2. The molecule has 1 saturated heterocycles. The molecule has 1 aromatic heterocycles. The lowest BCUT2D eigenvalue weighted by Crippen LogP contribution is -2.30. The van der Waals surface area contributed by atoms with Crippen LogP contribution in [0.15, 0.2) is 53.4 Å². The average Bonchev–Trinajstić information content (AvgIpc) is 3.22. The fraction of sp³-hybridized carbons (Fsp3) is 0.269. The van der Waals surface area contributed by atoms with E-state index >= 15 is 0 Å². The van der Waals surface area contributed by atoms with Gasteiger partial charge in [-0.3, -0.25) is 4.79 Å². The molecule has 1 fully saturated rings. The van der Waals surface area contributed by atoms with E-state index in [0.717, 1.165) is 34.0 Å². The Hall–Kier alpha value is -2.92. The first-order valence-corrected chi connectivity index (χ1v) is 11.6. The van der Waals surface area contributed by atoms with Crippen molar-refractivity contribution in [3.63, 3.8) is 0 Å². The van der Waals surface area contributed by atoms with Gasteiger partial charge in [0.15, 0.2) is 5.50 Å². The molecule has 160 valence electrons. The molecule has 4 nitrogen and oxygen atoms in total. The molecule has 0 radical (unpaired) electrons. The zero-order valence-electron chi connectivity index (χ0n) is 18.7. The zero-order chi connectivity index (χ0) is 22.1. The normalized spacial score (nSPS) is 17.3. The molecule has 0 saturated carbocycles. The second-order valence-electron chi connectivity index (χ2n) is 8.08. The third-order valence-electron chi connectivity index (χ3n) is 5.81. The van der Waals surface area contributed by atoms with E-state index in [-0.39, 0.29) is 11.4 Å². The highest BCUT2D eigenvalue weighted by Gasteiger charge is 2.27. The lowest BCUT2D eigenvalue weighted by Gasteiger charge is -2.15. The molecule has 0 aliphatic carbocycles. The molecule has 3 aromatic rings. The summed E-state index contributed by atoms with van der Waals surface area (Å²) in [6, 6.07) is 16.9. The third kappa shape index (κ3) is 4.28. The summed E-state index contributed by atoms with van der Waals surface area (Å²) in [7, 11) is 0. The maximum Gasteiger partial charge on any atom is 0.260 e. The second kappa shape index (κ2) is 8.67. The quantitative estimate of drug-likeness (QED) is 0.497. The Labute approximate surface area is 188 Å². The minimum Gasteiger partial charge on any atom is -0.357 e. The van der Waals surface area contributed by atoms with Crippen molar-refractivity contribution in [3.8, 4) is 5.69 Å². The van der Waals surface area contributed by atoms with Crippen LogP contribution in [0, 0.1) is 27.7 Å². The Balaban J connectivity index is 1.58. The monoisotopic (exact) mass is 431 g/mol. The summed E-state index contributed by atoms with van der Waals surface area (Å²) in [5, 5.41) is 6.43. The largest absolute Gasteiger partial charge is 0.357 e. The van der Waals surface area contributed by atoms with Gasteiger partial charge in [-0.2, -0.15) is 0 Å². The number of nitrogens with one attached hydrogen (secondary N) is 2. The van der Waals surface area contributed by atoms with Crippen molar-refractivity contribution in [3.05, 3.63) is 87.1 Å². The van der Waals surface area contributed by atoms with Gasteiger partial charge in [-0.1, -0.05) is 49.0 Å². The Morgan fingerprint density at radius 3 is 2.39 bits per heavy atom. The molecular weight excluding hydrogens is 402 g/mol. The average molecular weight is 432 g/mol. The van der Waals surface area contributed by atoms with Crippen LogP contribution in [0.3, 0.4) is 0 Å². The van der Waals surface area contributed by atoms with Gasteiger partial charge in [0, 0.05) is 17.1 Å². The fourth-order valence-corrected chi connectivity index (χ4v) is 5.11. The molecular formula is C26H29N3OS. The summed E-state index contributed by atoms with van der Waals surface area (Å²) in [6.07, 6.45) is 3.02. The number of para-hydroxylation sites is 1. The Morgan fingerprint density at radius 1 is 1.06 bits per heavy atom. The summed E-state index contributed by atoms with van der Waals surface area (Å²) >= 11 is 1.52. The molecule has 1 amide bonds. The molecule has 0 bridgehead atoms. The van der Waals surface area contributed by atoms with E-state index in [1.807, 2.05) is 6.08 Å². The highest BCUT2D eigenvalue weighted by atomic mass is 32.2. The van der Waals surface area contributed by atoms with E-state index in [2.05, 4.69) is 98.4 Å². The number of aryl methyl sites for hydroxylation is 4. The highest BCUT2D eigenvalue weighted by Crippen LogP contribution is 2.33. The molecule has 0 unspecified atom stereocenters. The predicted molar refractivity (Wildman–Crippen MR) is 132 cm³/mol. The second-order valence-corrected chi connectivity index (χ2v) is 9.22. The van der Waals surface area contributed by atoms with Gasteiger partial charge in [0.05, 0.1) is 10.6 Å². The van der Waals surface area contributed by atoms with Crippen molar-refractivity contribution >= 4 is 29.4 Å². The topological polar surface area (TPSA) is 46.1 Å². The molecule has 2 N–H and O–H groups in total. The molecule has 4 rings (SSSR count). The Morgan fingerprint density at radius 2 is 1.74 bits per heavy atom. The maximum absolute atomic E-state index is 12.6. The number of thioether (sulfide) groups is 1. The molecule has 5 heteroatoms. The third-order valence-corrected chi connectivity index (χ3v) is 6.84. The van der Waals surface area contributed by atoms with Crippen LogP contribution in [0.5, 0.6) is 0 Å². The van der Waals surface area contributed by atoms with Gasteiger partial charge in [-0.05, 0) is 80.6 Å². The fourth-order valence-electron chi connectivity index (χ4n) is 4.13. The summed E-state index contributed by atoms with van der Waals surface area (Å²) in [5.74, 6) is -0.0375. The summed E-state index contributed by atoms with van der Waals surface area (Å²) < 4.78 is 2.29. The summed E-state index contributed by atoms with van der Waals surface area (Å²) in [6.45, 7) is 10.7. The van der Waals surface area contributed by atoms with E-state index in [0.29, 0.717) is 0 Å². The number of hydrogen-bond donors (Lipinski definition) is 2. The van der Waals surface area contributed by atoms with E-state index in [9.17, 15) is 4.79 Å². The first-order chi connectivity index (χ1) is 14.9. The van der Waals surface area contributed by atoms with Crippen LogP contribution in [0.2, 0.25) is 0 Å². The minimum atomic E-state index is -0.173. The number of rotatable bonds is 5. The lowest BCUT2D eigenvalue weighted by molar-refractivity contribution is -0.116. The van der Waals surface area contributed by atoms with Crippen LogP contribution in [0.1, 0.15) is 40.6 Å². The zero-order valence-corrected chi connectivity index (χ0v) is 19.6. The van der Waals surface area contributed by atoms with Crippen molar-refractivity contribution in [2.45, 2.75) is 46.5 Å². The lowest BCUT2D eigenvalue weighted by atomic mass is 10.1. The predicted octanol–water partition coefficient (Wildman–Crippen LogP) is 5.87. The van der Waals surface area contributed by atoms with Gasteiger partial charge in [-0.25, -0.2) is 0 Å². The van der Waals surface area contributed by atoms with Gasteiger partial charge in [0.2, 0.25) is 0 Å².